The van der Waals surface area contributed by atoms with Gasteiger partial charge in [-0.25, -0.2) is 4.68 Å². The summed E-state index contributed by atoms with van der Waals surface area (Å²) < 4.78 is 1.84. The second-order valence-electron chi connectivity index (χ2n) is 4.57. The van der Waals surface area contributed by atoms with Crippen molar-refractivity contribution in [1.29, 1.82) is 0 Å². The number of rotatable bonds is 2. The number of likely N-dealkylation sites (tertiary alicyclic amines) is 1. The van der Waals surface area contributed by atoms with Crippen LogP contribution in [-0.2, 0) is 0 Å². The standard InChI is InChI=1S/C12H14N4OS/c1-9-6-11(18-8-9)12(17)15-4-2-10(7-15)16-5-3-13-14-16/h3,5-6,8,10H,2,4,7H2,1H3/t10-/m1/s1. The van der Waals surface area contributed by atoms with E-state index in [1.165, 1.54) is 11.3 Å². The number of amides is 1. The molecule has 1 saturated heterocycles. The fourth-order valence-corrected chi connectivity index (χ4v) is 3.12. The zero-order chi connectivity index (χ0) is 12.5. The molecule has 18 heavy (non-hydrogen) atoms. The van der Waals surface area contributed by atoms with Crippen molar-refractivity contribution < 1.29 is 4.79 Å². The molecule has 1 aliphatic rings. The van der Waals surface area contributed by atoms with Gasteiger partial charge in [-0.05, 0) is 30.4 Å². The van der Waals surface area contributed by atoms with Gasteiger partial charge in [0.1, 0.15) is 0 Å². The summed E-state index contributed by atoms with van der Waals surface area (Å²) >= 11 is 1.52. The molecule has 0 radical (unpaired) electrons. The summed E-state index contributed by atoms with van der Waals surface area (Å²) in [6.07, 6.45) is 4.47. The summed E-state index contributed by atoms with van der Waals surface area (Å²) in [5.74, 6) is 0.135. The van der Waals surface area contributed by atoms with Crippen LogP contribution in [0.3, 0.4) is 0 Å². The molecular formula is C12H14N4OS. The zero-order valence-corrected chi connectivity index (χ0v) is 10.9. The molecule has 2 aromatic rings. The highest BCUT2D eigenvalue weighted by molar-refractivity contribution is 7.12. The van der Waals surface area contributed by atoms with Crippen molar-refractivity contribution in [3.63, 3.8) is 0 Å². The largest absolute Gasteiger partial charge is 0.336 e. The molecule has 1 amide bonds. The van der Waals surface area contributed by atoms with Gasteiger partial charge in [0.2, 0.25) is 0 Å². The van der Waals surface area contributed by atoms with Gasteiger partial charge >= 0.3 is 0 Å². The van der Waals surface area contributed by atoms with Gasteiger partial charge in [0, 0.05) is 19.3 Å². The molecule has 0 aliphatic carbocycles. The van der Waals surface area contributed by atoms with Gasteiger partial charge in [-0.15, -0.1) is 16.4 Å². The molecule has 0 saturated carbocycles. The summed E-state index contributed by atoms with van der Waals surface area (Å²) in [4.78, 5) is 15.0. The third-order valence-electron chi connectivity index (χ3n) is 3.21. The van der Waals surface area contributed by atoms with Crippen molar-refractivity contribution in [2.45, 2.75) is 19.4 Å². The number of aryl methyl sites for hydroxylation is 1. The maximum Gasteiger partial charge on any atom is 0.264 e. The molecule has 3 heterocycles. The second kappa shape index (κ2) is 4.53. The average Bonchev–Trinajstić information content (AvgIpc) is 3.09. The Balaban J connectivity index is 1.70. The van der Waals surface area contributed by atoms with Crippen molar-refractivity contribution in [1.82, 2.24) is 19.9 Å². The molecule has 94 valence electrons. The summed E-state index contributed by atoms with van der Waals surface area (Å²) in [5.41, 5.74) is 1.15. The number of hydrogen-bond donors (Lipinski definition) is 0. The Kier molecular flexibility index (Phi) is 2.87. The van der Waals surface area contributed by atoms with Crippen molar-refractivity contribution in [2.24, 2.45) is 0 Å². The molecule has 3 rings (SSSR count). The Hall–Kier alpha value is -1.69. The third-order valence-corrected chi connectivity index (χ3v) is 4.24. The Labute approximate surface area is 109 Å². The van der Waals surface area contributed by atoms with E-state index in [1.807, 2.05) is 34.1 Å². The number of carbonyl (C=O) groups is 1. The Morgan fingerprint density at radius 2 is 2.44 bits per heavy atom. The lowest BCUT2D eigenvalue weighted by Gasteiger charge is -2.15. The van der Waals surface area contributed by atoms with Crippen LogP contribution in [0.1, 0.15) is 27.7 Å². The molecule has 0 spiro atoms. The topological polar surface area (TPSA) is 51.0 Å². The van der Waals surface area contributed by atoms with E-state index >= 15 is 0 Å². The van der Waals surface area contributed by atoms with E-state index in [9.17, 15) is 4.79 Å². The first-order chi connectivity index (χ1) is 8.74. The normalized spacial score (nSPS) is 19.4. The minimum Gasteiger partial charge on any atom is -0.336 e. The molecular weight excluding hydrogens is 248 g/mol. The highest BCUT2D eigenvalue weighted by Gasteiger charge is 2.28. The van der Waals surface area contributed by atoms with Crippen molar-refractivity contribution in [2.75, 3.05) is 13.1 Å². The van der Waals surface area contributed by atoms with Gasteiger partial charge in [-0.2, -0.15) is 0 Å². The van der Waals surface area contributed by atoms with Crippen LogP contribution in [0.4, 0.5) is 0 Å². The molecule has 6 heteroatoms. The lowest BCUT2D eigenvalue weighted by atomic mass is 10.3. The summed E-state index contributed by atoms with van der Waals surface area (Å²) in [6.45, 7) is 3.52. The molecule has 1 atom stereocenters. The van der Waals surface area contributed by atoms with E-state index in [1.54, 1.807) is 6.20 Å². The van der Waals surface area contributed by atoms with Gasteiger partial charge in [-0.1, -0.05) is 5.21 Å². The van der Waals surface area contributed by atoms with Crippen molar-refractivity contribution in [3.05, 3.63) is 34.3 Å². The van der Waals surface area contributed by atoms with Gasteiger partial charge in [-0.3, -0.25) is 4.79 Å². The molecule has 0 N–H and O–H groups in total. The number of aromatic nitrogens is 3. The minimum atomic E-state index is 0.135. The average molecular weight is 262 g/mol. The lowest BCUT2D eigenvalue weighted by molar-refractivity contribution is 0.0791. The number of hydrogen-bond acceptors (Lipinski definition) is 4. The first-order valence-corrected chi connectivity index (χ1v) is 6.82. The van der Waals surface area contributed by atoms with E-state index in [2.05, 4.69) is 10.3 Å². The molecule has 1 fully saturated rings. The van der Waals surface area contributed by atoms with Crippen molar-refractivity contribution in [3.8, 4) is 0 Å². The Morgan fingerprint density at radius 1 is 1.56 bits per heavy atom. The smallest absolute Gasteiger partial charge is 0.264 e. The molecule has 0 unspecified atom stereocenters. The van der Waals surface area contributed by atoms with Crippen LogP contribution in [0.25, 0.3) is 0 Å². The van der Waals surface area contributed by atoms with Gasteiger partial charge < -0.3 is 4.90 Å². The SMILES string of the molecule is Cc1csc(C(=O)N2CC[C@@H](n3ccnn3)C2)c1. The van der Waals surface area contributed by atoms with E-state index in [-0.39, 0.29) is 11.9 Å². The van der Waals surface area contributed by atoms with E-state index in [4.69, 9.17) is 0 Å². The molecule has 5 nitrogen and oxygen atoms in total. The van der Waals surface area contributed by atoms with Crippen molar-refractivity contribution >= 4 is 17.2 Å². The molecule has 0 aromatic carbocycles. The first kappa shape index (κ1) is 11.4. The van der Waals surface area contributed by atoms with Gasteiger partial charge in [0.25, 0.3) is 5.91 Å². The maximum atomic E-state index is 12.3. The molecule has 2 aromatic heterocycles. The zero-order valence-electron chi connectivity index (χ0n) is 10.1. The van der Waals surface area contributed by atoms with Crippen LogP contribution in [0.5, 0.6) is 0 Å². The fraction of sp³-hybridized carbons (Fsp3) is 0.417. The van der Waals surface area contributed by atoms with Crippen LogP contribution in [0, 0.1) is 6.92 Å². The third kappa shape index (κ3) is 2.03. The van der Waals surface area contributed by atoms with Crippen LogP contribution in [0.2, 0.25) is 0 Å². The quantitative estimate of drug-likeness (QED) is 0.828. The van der Waals surface area contributed by atoms with Gasteiger partial charge in [0.15, 0.2) is 0 Å². The van der Waals surface area contributed by atoms with Crippen LogP contribution >= 0.6 is 11.3 Å². The summed E-state index contributed by atoms with van der Waals surface area (Å²) in [7, 11) is 0. The number of carbonyl (C=O) groups excluding carboxylic acids is 1. The van der Waals surface area contributed by atoms with E-state index in [0.717, 1.165) is 30.0 Å². The predicted molar refractivity (Wildman–Crippen MR) is 68.6 cm³/mol. The highest BCUT2D eigenvalue weighted by Crippen LogP contribution is 2.24. The minimum absolute atomic E-state index is 0.135. The molecule has 1 aliphatic heterocycles. The Morgan fingerprint density at radius 3 is 3.11 bits per heavy atom. The molecule has 0 bridgehead atoms. The van der Waals surface area contributed by atoms with Crippen LogP contribution < -0.4 is 0 Å². The number of nitrogens with zero attached hydrogens (tertiary/aromatic N) is 4. The maximum absolute atomic E-state index is 12.3. The van der Waals surface area contributed by atoms with Crippen LogP contribution in [0.15, 0.2) is 23.8 Å². The van der Waals surface area contributed by atoms with E-state index in [0.29, 0.717) is 0 Å². The van der Waals surface area contributed by atoms with E-state index < -0.39 is 0 Å². The highest BCUT2D eigenvalue weighted by atomic mass is 32.1. The summed E-state index contributed by atoms with van der Waals surface area (Å²) in [6, 6.07) is 2.22. The fourth-order valence-electron chi connectivity index (χ4n) is 2.25. The van der Waals surface area contributed by atoms with Gasteiger partial charge in [0.05, 0.1) is 17.1 Å². The monoisotopic (exact) mass is 262 g/mol. The lowest BCUT2D eigenvalue weighted by Crippen LogP contribution is -2.28. The predicted octanol–water partition coefficient (Wildman–Crippen LogP) is 1.74. The summed E-state index contributed by atoms with van der Waals surface area (Å²) in [5, 5.41) is 9.82. The number of thiophene rings is 1. The first-order valence-electron chi connectivity index (χ1n) is 5.94. The Bertz CT molecular complexity index is 548. The van der Waals surface area contributed by atoms with Crippen LogP contribution in [-0.4, -0.2) is 38.9 Å². The second-order valence-corrected chi connectivity index (χ2v) is 5.48.